The van der Waals surface area contributed by atoms with E-state index in [9.17, 15) is 22.8 Å². The van der Waals surface area contributed by atoms with Crippen LogP contribution < -0.4 is 15.6 Å². The smallest absolute Gasteiger partial charge is 0.422 e. The van der Waals surface area contributed by atoms with Gasteiger partial charge in [-0.25, -0.2) is 4.98 Å². The second-order valence-corrected chi connectivity index (χ2v) is 10.4. The van der Waals surface area contributed by atoms with Gasteiger partial charge in [0.25, 0.3) is 16.7 Å². The van der Waals surface area contributed by atoms with Gasteiger partial charge in [-0.05, 0) is 57.1 Å². The van der Waals surface area contributed by atoms with Crippen LogP contribution in [0.1, 0.15) is 53.2 Å². The summed E-state index contributed by atoms with van der Waals surface area (Å²) in [6.45, 7) is 1.40. The first-order chi connectivity index (χ1) is 16.7. The van der Waals surface area contributed by atoms with Crippen molar-refractivity contribution in [2.75, 3.05) is 26.2 Å². The van der Waals surface area contributed by atoms with Crippen molar-refractivity contribution in [3.05, 3.63) is 44.8 Å². The monoisotopic (exact) mass is 512 g/mol. The molecule has 192 valence electrons. The number of nitrogens with zero attached hydrogens (tertiary/aromatic N) is 3. The van der Waals surface area contributed by atoms with Crippen molar-refractivity contribution in [1.82, 2.24) is 19.8 Å². The maximum Gasteiger partial charge on any atom is 0.422 e. The van der Waals surface area contributed by atoms with E-state index in [0.29, 0.717) is 11.6 Å². The van der Waals surface area contributed by atoms with Gasteiger partial charge in [0.1, 0.15) is 5.69 Å². The number of thiazole rings is 1. The highest BCUT2D eigenvalue weighted by molar-refractivity contribution is 7.13. The Morgan fingerprint density at radius 1 is 1.20 bits per heavy atom. The lowest BCUT2D eigenvalue weighted by Crippen LogP contribution is -2.40. The molecule has 0 saturated heterocycles. The molecule has 2 aromatic rings. The number of hydrogen-bond donors (Lipinski definition) is 1. The maximum absolute atomic E-state index is 12.6. The summed E-state index contributed by atoms with van der Waals surface area (Å²) < 4.78 is 43.3. The highest BCUT2D eigenvalue weighted by Crippen LogP contribution is 2.31. The SMILES string of the molecule is Cn1c(C(=O)N[C@H]2CC[C@H](CCN3CCc4nc(OCC(F)(F)F)sc4CC3)CC2)cccc1=O. The minimum atomic E-state index is -4.35. The van der Waals surface area contributed by atoms with Crippen molar-refractivity contribution >= 4 is 17.2 Å². The molecule has 4 rings (SSSR count). The van der Waals surface area contributed by atoms with Crippen molar-refractivity contribution in [3.8, 4) is 5.19 Å². The minimum Gasteiger partial charge on any atom is -0.460 e. The fraction of sp³-hybridized carbons (Fsp3) is 0.625. The molecule has 1 N–H and O–H groups in total. The lowest BCUT2D eigenvalue weighted by atomic mass is 9.84. The number of carbonyl (C=O) groups excluding carboxylic acids is 1. The average Bonchev–Trinajstić information content (AvgIpc) is 3.12. The van der Waals surface area contributed by atoms with Crippen molar-refractivity contribution in [1.29, 1.82) is 0 Å². The maximum atomic E-state index is 12.6. The highest BCUT2D eigenvalue weighted by atomic mass is 32.1. The number of nitrogens with one attached hydrogen (secondary N) is 1. The first-order valence-corrected chi connectivity index (χ1v) is 12.9. The molecule has 1 aliphatic carbocycles. The molecule has 0 radical (unpaired) electrons. The van der Waals surface area contributed by atoms with Crippen LogP contribution in [0.4, 0.5) is 13.2 Å². The van der Waals surface area contributed by atoms with Gasteiger partial charge in [-0.3, -0.25) is 9.59 Å². The summed E-state index contributed by atoms with van der Waals surface area (Å²) in [5, 5.41) is 3.19. The van der Waals surface area contributed by atoms with Gasteiger partial charge in [0.2, 0.25) is 0 Å². The van der Waals surface area contributed by atoms with E-state index in [-0.39, 0.29) is 22.7 Å². The van der Waals surface area contributed by atoms with E-state index in [0.717, 1.165) is 75.2 Å². The molecule has 0 aromatic carbocycles. The second kappa shape index (κ2) is 11.1. The van der Waals surface area contributed by atoms with Crippen LogP contribution in [0.15, 0.2) is 23.0 Å². The number of halogens is 3. The van der Waals surface area contributed by atoms with Gasteiger partial charge in [0.05, 0.1) is 5.69 Å². The fourth-order valence-electron chi connectivity index (χ4n) is 4.83. The topological polar surface area (TPSA) is 76.5 Å². The number of amides is 1. The Morgan fingerprint density at radius 2 is 1.94 bits per heavy atom. The third-order valence-corrected chi connectivity index (χ3v) is 7.96. The molecular formula is C24H31F3N4O3S. The number of pyridine rings is 1. The molecule has 11 heteroatoms. The molecule has 2 aliphatic rings. The Hall–Kier alpha value is -2.40. The lowest BCUT2D eigenvalue weighted by molar-refractivity contribution is -0.153. The summed E-state index contributed by atoms with van der Waals surface area (Å²) in [6, 6.07) is 4.83. The quantitative estimate of drug-likeness (QED) is 0.614. The van der Waals surface area contributed by atoms with E-state index in [1.54, 1.807) is 19.2 Å². The third kappa shape index (κ3) is 7.07. The van der Waals surface area contributed by atoms with E-state index in [4.69, 9.17) is 4.74 Å². The fourth-order valence-corrected chi connectivity index (χ4v) is 5.77. The van der Waals surface area contributed by atoms with Gasteiger partial charge in [-0.1, -0.05) is 17.4 Å². The predicted molar refractivity (Wildman–Crippen MR) is 127 cm³/mol. The largest absolute Gasteiger partial charge is 0.460 e. The molecule has 35 heavy (non-hydrogen) atoms. The summed E-state index contributed by atoms with van der Waals surface area (Å²) in [6.07, 6.45) is 2.22. The van der Waals surface area contributed by atoms with Crippen LogP contribution in [0.3, 0.4) is 0 Å². The molecule has 1 saturated carbocycles. The van der Waals surface area contributed by atoms with E-state index in [1.807, 2.05) is 0 Å². The van der Waals surface area contributed by atoms with Crippen molar-refractivity contribution in [2.24, 2.45) is 13.0 Å². The Balaban J connectivity index is 1.17. The van der Waals surface area contributed by atoms with E-state index < -0.39 is 12.8 Å². The predicted octanol–water partition coefficient (Wildman–Crippen LogP) is 3.56. The van der Waals surface area contributed by atoms with Crippen LogP contribution in [0, 0.1) is 5.92 Å². The Morgan fingerprint density at radius 3 is 2.69 bits per heavy atom. The van der Waals surface area contributed by atoms with E-state index in [2.05, 4.69) is 15.2 Å². The summed E-state index contributed by atoms with van der Waals surface area (Å²) >= 11 is 1.23. The van der Waals surface area contributed by atoms with Crippen LogP contribution >= 0.6 is 11.3 Å². The molecule has 2 aromatic heterocycles. The van der Waals surface area contributed by atoms with Crippen LogP contribution in [0.5, 0.6) is 5.19 Å². The normalized spacial score (nSPS) is 21.3. The zero-order valence-corrected chi connectivity index (χ0v) is 20.6. The number of ether oxygens (including phenoxy) is 1. The van der Waals surface area contributed by atoms with Crippen molar-refractivity contribution in [2.45, 2.75) is 57.2 Å². The standard InChI is InChI=1S/C24H31F3N4O3S/c1-30-19(3-2-4-21(30)32)22(33)28-17-7-5-16(6-8-17)9-12-31-13-10-18-20(11-14-31)35-23(29-18)34-15-24(25,26)27/h2-4,16-17H,5-15H2,1H3,(H,28,33)/t16-,17-. The number of hydrogen-bond acceptors (Lipinski definition) is 6. The van der Waals surface area contributed by atoms with Crippen molar-refractivity contribution < 1.29 is 22.7 Å². The van der Waals surface area contributed by atoms with Crippen LogP contribution in [0.25, 0.3) is 0 Å². The average molecular weight is 513 g/mol. The summed E-state index contributed by atoms with van der Waals surface area (Å²) in [4.78, 5) is 32.0. The molecule has 3 heterocycles. The van der Waals surface area contributed by atoms with Gasteiger partial charge in [-0.2, -0.15) is 13.2 Å². The molecule has 0 atom stereocenters. The summed E-state index contributed by atoms with van der Waals surface area (Å²) in [7, 11) is 1.60. The summed E-state index contributed by atoms with van der Waals surface area (Å²) in [5.41, 5.74) is 1.04. The molecular weight excluding hydrogens is 481 g/mol. The molecule has 0 bridgehead atoms. The number of aromatic nitrogens is 2. The molecule has 7 nitrogen and oxygen atoms in total. The molecule has 0 spiro atoms. The van der Waals surface area contributed by atoms with Gasteiger partial charge in [0.15, 0.2) is 6.61 Å². The zero-order chi connectivity index (χ0) is 25.0. The lowest BCUT2D eigenvalue weighted by Gasteiger charge is -2.31. The van der Waals surface area contributed by atoms with Gasteiger partial charge >= 0.3 is 6.18 Å². The van der Waals surface area contributed by atoms with E-state index in [1.165, 1.54) is 22.0 Å². The summed E-state index contributed by atoms with van der Waals surface area (Å²) in [5.74, 6) is 0.410. The Kier molecular flexibility index (Phi) is 8.16. The van der Waals surface area contributed by atoms with Gasteiger partial charge in [-0.15, -0.1) is 0 Å². The third-order valence-electron chi connectivity index (χ3n) is 6.89. The first kappa shape index (κ1) is 25.7. The van der Waals surface area contributed by atoms with Crippen molar-refractivity contribution in [3.63, 3.8) is 0 Å². The van der Waals surface area contributed by atoms with Gasteiger partial charge in [0, 0.05) is 43.5 Å². The number of alkyl halides is 3. The molecule has 1 amide bonds. The Bertz CT molecular complexity index is 1050. The van der Waals surface area contributed by atoms with E-state index >= 15 is 0 Å². The number of carbonyl (C=O) groups is 1. The van der Waals surface area contributed by atoms with Crippen LogP contribution in [0.2, 0.25) is 0 Å². The number of rotatable bonds is 7. The zero-order valence-electron chi connectivity index (χ0n) is 19.8. The first-order valence-electron chi connectivity index (χ1n) is 12.1. The Labute approximate surface area is 206 Å². The highest BCUT2D eigenvalue weighted by Gasteiger charge is 2.30. The second-order valence-electron chi connectivity index (χ2n) is 9.38. The molecule has 1 fully saturated rings. The van der Waals surface area contributed by atoms with Crippen LogP contribution in [-0.4, -0.2) is 58.8 Å². The van der Waals surface area contributed by atoms with Crippen LogP contribution in [-0.2, 0) is 19.9 Å². The number of fused-ring (bicyclic) bond motifs is 1. The molecule has 1 aliphatic heterocycles. The van der Waals surface area contributed by atoms with Gasteiger partial charge < -0.3 is 19.5 Å². The molecule has 0 unspecified atom stereocenters. The minimum absolute atomic E-state index is 0.110.